The zero-order valence-corrected chi connectivity index (χ0v) is 23.8. The van der Waals surface area contributed by atoms with Crippen molar-refractivity contribution in [2.24, 2.45) is 5.41 Å². The van der Waals surface area contributed by atoms with Crippen LogP contribution in [0, 0.1) is 12.3 Å². The van der Waals surface area contributed by atoms with Crippen LogP contribution in [-0.4, -0.2) is 40.1 Å². The summed E-state index contributed by atoms with van der Waals surface area (Å²) in [6.07, 6.45) is 2.18. The Hall–Kier alpha value is -4.14. The molecule has 2 aromatic carbocycles. The van der Waals surface area contributed by atoms with E-state index in [0.717, 1.165) is 27.8 Å². The number of alkyl halides is 2. The van der Waals surface area contributed by atoms with Gasteiger partial charge in [0, 0.05) is 42.2 Å². The molecule has 1 aromatic heterocycles. The highest BCUT2D eigenvalue weighted by Gasteiger charge is 2.51. The summed E-state index contributed by atoms with van der Waals surface area (Å²) in [5, 5.41) is 5.83. The number of aryl methyl sites for hydroxylation is 1. The van der Waals surface area contributed by atoms with Crippen molar-refractivity contribution < 1.29 is 23.2 Å². The lowest BCUT2D eigenvalue weighted by Crippen LogP contribution is -2.48. The summed E-state index contributed by atoms with van der Waals surface area (Å²) in [5.41, 5.74) is 3.69. The van der Waals surface area contributed by atoms with Gasteiger partial charge in [-0.1, -0.05) is 43.3 Å². The van der Waals surface area contributed by atoms with Gasteiger partial charge in [0.1, 0.15) is 12.4 Å². The third-order valence-electron chi connectivity index (χ3n) is 9.31. The second-order valence-electron chi connectivity index (χ2n) is 12.3. The van der Waals surface area contributed by atoms with Gasteiger partial charge in [-0.05, 0) is 73.1 Å². The van der Waals surface area contributed by atoms with Gasteiger partial charge in [0.25, 0.3) is 0 Å². The third-order valence-corrected chi connectivity index (χ3v) is 9.31. The summed E-state index contributed by atoms with van der Waals surface area (Å²) < 4.78 is 27.9. The molecule has 1 fully saturated rings. The van der Waals surface area contributed by atoms with E-state index in [0.29, 0.717) is 24.3 Å². The molecule has 2 N–H and O–H groups in total. The van der Waals surface area contributed by atoms with Crippen molar-refractivity contribution in [1.82, 2.24) is 9.88 Å². The number of rotatable bonds is 6. The highest BCUT2D eigenvalue weighted by atomic mass is 19.3. The zero-order valence-electron chi connectivity index (χ0n) is 23.8. The topological polar surface area (TPSA) is 91.4 Å². The van der Waals surface area contributed by atoms with Gasteiger partial charge < -0.3 is 15.5 Å². The molecule has 2 aliphatic carbocycles. The van der Waals surface area contributed by atoms with Gasteiger partial charge in [-0.2, -0.15) is 0 Å². The molecule has 6 rings (SSSR count). The fraction of sp³-hybridized carbons (Fsp3) is 0.394. The van der Waals surface area contributed by atoms with Crippen LogP contribution in [0.5, 0.6) is 0 Å². The first kappa shape index (κ1) is 28.0. The van der Waals surface area contributed by atoms with Crippen LogP contribution in [0.25, 0.3) is 0 Å². The Bertz CT molecular complexity index is 1580. The van der Waals surface area contributed by atoms with Crippen molar-refractivity contribution in [3.05, 3.63) is 88.6 Å². The number of hydrogen-bond donors (Lipinski definition) is 2. The number of carbonyl (C=O) groups excluding carboxylic acids is 3. The Kier molecular flexibility index (Phi) is 6.86. The number of halogens is 2. The molecule has 0 radical (unpaired) electrons. The molecule has 0 saturated heterocycles. The van der Waals surface area contributed by atoms with E-state index < -0.39 is 16.8 Å². The second-order valence-corrected chi connectivity index (χ2v) is 12.3. The van der Waals surface area contributed by atoms with Crippen LogP contribution >= 0.6 is 0 Å². The maximum absolute atomic E-state index is 13.9. The van der Waals surface area contributed by atoms with E-state index in [1.165, 1.54) is 4.90 Å². The van der Waals surface area contributed by atoms with E-state index in [1.54, 1.807) is 13.1 Å². The predicted octanol–water partition coefficient (Wildman–Crippen LogP) is 5.56. The lowest BCUT2D eigenvalue weighted by atomic mass is 9.73. The minimum Gasteiger partial charge on any atom is -0.329 e. The molecular formula is C33H34F2N4O3. The SMILES string of the molecule is Cc1ccccc1CN(CC(=O)Nc1ccc2c(c1)CC1(C2)C(=O)Nc2ncccc21)C(=O)C1(C)CCC(F)(F)CC1. The molecule has 1 atom stereocenters. The van der Waals surface area contributed by atoms with E-state index in [1.807, 2.05) is 61.5 Å². The standard InChI is InChI=1S/C33H34F2N4O3/c1-21-6-3-4-7-23(21)19-39(30(42)31(2)11-13-33(34,35)14-12-31)20-27(40)37-25-10-9-22-17-32(18-24(22)16-25)26-8-5-15-36-28(26)38-29(32)41/h3-10,15-16H,11-14,17-20H2,1-2H3,(H,37,40)(H,36,38,41). The molecule has 7 nitrogen and oxygen atoms in total. The number of carbonyl (C=O) groups is 3. The van der Waals surface area contributed by atoms with Gasteiger partial charge in [0.15, 0.2) is 0 Å². The minimum atomic E-state index is -2.76. The average molecular weight is 573 g/mol. The van der Waals surface area contributed by atoms with Crippen molar-refractivity contribution in [2.45, 2.75) is 70.3 Å². The van der Waals surface area contributed by atoms with Gasteiger partial charge in [-0.25, -0.2) is 13.8 Å². The first-order chi connectivity index (χ1) is 20.0. The summed E-state index contributed by atoms with van der Waals surface area (Å²) in [6, 6.07) is 17.0. The molecule has 2 heterocycles. The van der Waals surface area contributed by atoms with Crippen LogP contribution < -0.4 is 10.6 Å². The van der Waals surface area contributed by atoms with Crippen LogP contribution in [0.15, 0.2) is 60.8 Å². The van der Waals surface area contributed by atoms with Gasteiger partial charge in [0.05, 0.1) is 5.41 Å². The Morgan fingerprint density at radius 3 is 2.50 bits per heavy atom. The molecular weight excluding hydrogens is 538 g/mol. The summed E-state index contributed by atoms with van der Waals surface area (Å²) in [5.74, 6) is -2.90. The van der Waals surface area contributed by atoms with E-state index in [4.69, 9.17) is 0 Å². The summed E-state index contributed by atoms with van der Waals surface area (Å²) in [7, 11) is 0. The molecule has 1 unspecified atom stereocenters. The number of pyridine rings is 1. The van der Waals surface area contributed by atoms with Crippen LogP contribution in [0.2, 0.25) is 0 Å². The number of aromatic nitrogens is 1. The highest BCUT2D eigenvalue weighted by molar-refractivity contribution is 6.06. The molecule has 42 heavy (non-hydrogen) atoms. The van der Waals surface area contributed by atoms with E-state index in [2.05, 4.69) is 15.6 Å². The maximum atomic E-state index is 13.9. The Labute approximate surface area is 243 Å². The molecule has 1 saturated carbocycles. The average Bonchev–Trinajstić information content (AvgIpc) is 3.47. The van der Waals surface area contributed by atoms with Crippen molar-refractivity contribution in [2.75, 3.05) is 17.2 Å². The van der Waals surface area contributed by atoms with Gasteiger partial charge in [-0.3, -0.25) is 14.4 Å². The molecule has 1 spiro atoms. The van der Waals surface area contributed by atoms with Gasteiger partial charge >= 0.3 is 0 Å². The number of nitrogens with zero attached hydrogens (tertiary/aromatic N) is 2. The number of benzene rings is 2. The third kappa shape index (κ3) is 5.05. The smallest absolute Gasteiger partial charge is 0.248 e. The summed E-state index contributed by atoms with van der Waals surface area (Å²) >= 11 is 0. The van der Waals surface area contributed by atoms with Crippen molar-refractivity contribution in [1.29, 1.82) is 0 Å². The summed E-state index contributed by atoms with van der Waals surface area (Å²) in [4.78, 5) is 46.0. The second kappa shape index (κ2) is 10.3. The first-order valence-electron chi connectivity index (χ1n) is 14.4. The zero-order chi connectivity index (χ0) is 29.7. The molecule has 218 valence electrons. The number of nitrogens with one attached hydrogen (secondary N) is 2. The maximum Gasteiger partial charge on any atom is 0.248 e. The first-order valence-corrected chi connectivity index (χ1v) is 14.4. The fourth-order valence-electron chi connectivity index (χ4n) is 6.67. The van der Waals surface area contributed by atoms with Crippen molar-refractivity contribution >= 4 is 29.2 Å². The van der Waals surface area contributed by atoms with Crippen LogP contribution in [0.1, 0.15) is 60.4 Å². The Morgan fingerprint density at radius 2 is 1.74 bits per heavy atom. The minimum absolute atomic E-state index is 0.0719. The quantitative estimate of drug-likeness (QED) is 0.405. The summed E-state index contributed by atoms with van der Waals surface area (Å²) in [6.45, 7) is 3.68. The normalized spacial score (nSPS) is 21.4. The van der Waals surface area contributed by atoms with Crippen molar-refractivity contribution in [3.63, 3.8) is 0 Å². The number of fused-ring (bicyclic) bond motifs is 3. The van der Waals surface area contributed by atoms with Gasteiger partial charge in [0.2, 0.25) is 23.6 Å². The molecule has 3 aromatic rings. The largest absolute Gasteiger partial charge is 0.329 e. The monoisotopic (exact) mass is 572 g/mol. The molecule has 9 heteroatoms. The van der Waals surface area contributed by atoms with Crippen LogP contribution in [-0.2, 0) is 39.2 Å². The lowest BCUT2D eigenvalue weighted by Gasteiger charge is -2.39. The highest BCUT2D eigenvalue weighted by Crippen LogP contribution is 2.47. The number of amides is 3. The predicted molar refractivity (Wildman–Crippen MR) is 155 cm³/mol. The molecule has 0 bridgehead atoms. The van der Waals surface area contributed by atoms with Crippen LogP contribution in [0.4, 0.5) is 20.3 Å². The van der Waals surface area contributed by atoms with Crippen LogP contribution in [0.3, 0.4) is 0 Å². The number of anilines is 2. The fourth-order valence-corrected chi connectivity index (χ4v) is 6.67. The van der Waals surface area contributed by atoms with Gasteiger partial charge in [-0.15, -0.1) is 0 Å². The molecule has 3 amide bonds. The van der Waals surface area contributed by atoms with E-state index >= 15 is 0 Å². The number of hydrogen-bond acceptors (Lipinski definition) is 4. The molecule has 3 aliphatic rings. The lowest BCUT2D eigenvalue weighted by molar-refractivity contribution is -0.150. The van der Waals surface area contributed by atoms with E-state index in [9.17, 15) is 23.2 Å². The Balaban J connectivity index is 1.19. The Morgan fingerprint density at radius 1 is 1.00 bits per heavy atom. The van der Waals surface area contributed by atoms with Crippen molar-refractivity contribution in [3.8, 4) is 0 Å². The van der Waals surface area contributed by atoms with E-state index in [-0.39, 0.29) is 56.5 Å². The molecule has 1 aliphatic heterocycles.